The molecule has 5 rings (SSSR count). The summed E-state index contributed by atoms with van der Waals surface area (Å²) in [7, 11) is 0. The standard InChI is InChI=1S/C26H35N5O4/c1-5-17-16-31(22-20(17)12-18(15-27-22)30-9-6-21(32)28-23(30)33)19-13-26(14-19)7-10-29(11-8-26)24(34)35-25(2,3)4/h12,15-16,19H,5-11,13-14H2,1-4H3,(H,28,32,33). The number of urea groups is 1. The Morgan fingerprint density at radius 3 is 2.54 bits per heavy atom. The van der Waals surface area contributed by atoms with Gasteiger partial charge in [-0.25, -0.2) is 14.6 Å². The van der Waals surface area contributed by atoms with Crippen LogP contribution in [0.4, 0.5) is 15.3 Å². The zero-order valence-corrected chi connectivity index (χ0v) is 21.1. The first-order valence-corrected chi connectivity index (χ1v) is 12.7. The molecule has 9 nitrogen and oxygen atoms in total. The lowest BCUT2D eigenvalue weighted by molar-refractivity contribution is -0.120. The Bertz CT molecular complexity index is 1160. The van der Waals surface area contributed by atoms with Gasteiger partial charge < -0.3 is 14.2 Å². The molecule has 2 aromatic rings. The van der Waals surface area contributed by atoms with E-state index in [0.29, 0.717) is 19.0 Å². The van der Waals surface area contributed by atoms with Crippen LogP contribution in [0.5, 0.6) is 0 Å². The third kappa shape index (κ3) is 4.48. The Labute approximate surface area is 205 Å². The number of aromatic nitrogens is 2. The lowest BCUT2D eigenvalue weighted by Crippen LogP contribution is -2.50. The molecule has 4 amide bonds. The predicted octanol–water partition coefficient (Wildman–Crippen LogP) is 4.40. The van der Waals surface area contributed by atoms with Crippen molar-refractivity contribution in [2.75, 3.05) is 24.5 Å². The maximum absolute atomic E-state index is 12.4. The highest BCUT2D eigenvalue weighted by atomic mass is 16.6. The lowest BCUT2D eigenvalue weighted by Gasteiger charge is -2.52. The minimum atomic E-state index is -0.470. The van der Waals surface area contributed by atoms with E-state index in [4.69, 9.17) is 9.72 Å². The summed E-state index contributed by atoms with van der Waals surface area (Å²) in [4.78, 5) is 44.4. The van der Waals surface area contributed by atoms with E-state index in [-0.39, 0.29) is 17.4 Å². The molecule has 35 heavy (non-hydrogen) atoms. The number of hydrogen-bond acceptors (Lipinski definition) is 5. The number of nitrogens with zero attached hydrogens (tertiary/aromatic N) is 4. The minimum absolute atomic E-state index is 0.209. The van der Waals surface area contributed by atoms with Crippen LogP contribution in [0.25, 0.3) is 11.0 Å². The normalized spacial score (nSPS) is 20.8. The average Bonchev–Trinajstić information content (AvgIpc) is 3.14. The van der Waals surface area contributed by atoms with E-state index in [1.54, 1.807) is 11.1 Å². The number of likely N-dealkylation sites (tertiary alicyclic amines) is 1. The average molecular weight is 482 g/mol. The van der Waals surface area contributed by atoms with Crippen molar-refractivity contribution >= 4 is 34.8 Å². The number of imide groups is 1. The first kappa shape index (κ1) is 23.6. The van der Waals surface area contributed by atoms with E-state index in [1.165, 1.54) is 5.56 Å². The fourth-order valence-corrected chi connectivity index (χ4v) is 5.74. The first-order chi connectivity index (χ1) is 16.6. The van der Waals surface area contributed by atoms with Gasteiger partial charge in [0.05, 0.1) is 11.9 Å². The van der Waals surface area contributed by atoms with Crippen molar-refractivity contribution in [2.24, 2.45) is 5.41 Å². The van der Waals surface area contributed by atoms with Gasteiger partial charge >= 0.3 is 12.1 Å². The third-order valence-electron chi connectivity index (χ3n) is 7.69. The van der Waals surface area contributed by atoms with Gasteiger partial charge in [0.1, 0.15) is 11.2 Å². The molecule has 0 aromatic carbocycles. The summed E-state index contributed by atoms with van der Waals surface area (Å²) in [5, 5.41) is 3.45. The topological polar surface area (TPSA) is 96.8 Å². The van der Waals surface area contributed by atoms with Crippen molar-refractivity contribution in [3.05, 3.63) is 24.0 Å². The van der Waals surface area contributed by atoms with Gasteiger partial charge in [0.15, 0.2) is 0 Å². The zero-order valence-electron chi connectivity index (χ0n) is 21.1. The maximum atomic E-state index is 12.4. The molecule has 3 fully saturated rings. The summed E-state index contributed by atoms with van der Waals surface area (Å²) in [5.74, 6) is -0.239. The van der Waals surface area contributed by atoms with Gasteiger partial charge in [0.2, 0.25) is 5.91 Å². The zero-order chi connectivity index (χ0) is 25.0. The lowest BCUT2D eigenvalue weighted by atomic mass is 9.60. The summed E-state index contributed by atoms with van der Waals surface area (Å²) in [6.07, 6.45) is 9.09. The summed E-state index contributed by atoms with van der Waals surface area (Å²) in [6, 6.07) is 2.03. The number of nitrogens with one attached hydrogen (secondary N) is 1. The van der Waals surface area contributed by atoms with Crippen molar-refractivity contribution in [2.45, 2.75) is 77.9 Å². The van der Waals surface area contributed by atoms with Crippen LogP contribution in [0.1, 0.15) is 71.4 Å². The molecule has 9 heteroatoms. The summed E-state index contributed by atoms with van der Waals surface area (Å²) in [6.45, 7) is 9.69. The van der Waals surface area contributed by atoms with Gasteiger partial charge in [-0.05, 0) is 69.9 Å². The number of fused-ring (bicyclic) bond motifs is 1. The van der Waals surface area contributed by atoms with Gasteiger partial charge in [0, 0.05) is 43.7 Å². The fourth-order valence-electron chi connectivity index (χ4n) is 5.74. The number of anilines is 1. The summed E-state index contributed by atoms with van der Waals surface area (Å²) >= 11 is 0. The van der Waals surface area contributed by atoms with Crippen LogP contribution in [-0.4, -0.2) is 57.7 Å². The van der Waals surface area contributed by atoms with Crippen molar-refractivity contribution in [3.63, 3.8) is 0 Å². The molecule has 1 spiro atoms. The molecule has 0 radical (unpaired) electrons. The highest BCUT2D eigenvalue weighted by Gasteiger charge is 2.47. The molecular weight excluding hydrogens is 446 g/mol. The second-order valence-corrected chi connectivity index (χ2v) is 11.3. The molecule has 0 atom stereocenters. The summed E-state index contributed by atoms with van der Waals surface area (Å²) in [5.41, 5.74) is 2.69. The van der Waals surface area contributed by atoms with Gasteiger partial charge in [0.25, 0.3) is 0 Å². The predicted molar refractivity (Wildman–Crippen MR) is 132 cm³/mol. The van der Waals surface area contributed by atoms with E-state index >= 15 is 0 Å². The number of amides is 4. The Hall–Kier alpha value is -3.10. The quantitative estimate of drug-likeness (QED) is 0.701. The van der Waals surface area contributed by atoms with Crippen LogP contribution in [-0.2, 0) is 16.0 Å². The van der Waals surface area contributed by atoms with Gasteiger partial charge in [-0.15, -0.1) is 0 Å². The number of hydrogen-bond donors (Lipinski definition) is 1. The maximum Gasteiger partial charge on any atom is 0.410 e. The smallest absolute Gasteiger partial charge is 0.410 e. The van der Waals surface area contributed by atoms with Gasteiger partial charge in [-0.1, -0.05) is 6.92 Å². The van der Waals surface area contributed by atoms with E-state index < -0.39 is 11.6 Å². The second kappa shape index (κ2) is 8.53. The summed E-state index contributed by atoms with van der Waals surface area (Å²) < 4.78 is 7.85. The fraction of sp³-hybridized carbons (Fsp3) is 0.615. The molecule has 1 N–H and O–H groups in total. The monoisotopic (exact) mass is 481 g/mol. The number of aryl methyl sites for hydroxylation is 1. The highest BCUT2D eigenvalue weighted by molar-refractivity contribution is 6.06. The number of piperidine rings is 1. The SMILES string of the molecule is CCc1cn(C2CC3(CCN(C(=O)OC(C)(C)C)CC3)C2)c2ncc(N3CCC(=O)NC3=O)cc12. The highest BCUT2D eigenvalue weighted by Crippen LogP contribution is 2.55. The molecule has 2 saturated heterocycles. The molecule has 2 aliphatic heterocycles. The van der Waals surface area contributed by atoms with E-state index in [9.17, 15) is 14.4 Å². The third-order valence-corrected chi connectivity index (χ3v) is 7.69. The molecule has 0 bridgehead atoms. The number of carbonyl (C=O) groups excluding carboxylic acids is 3. The molecule has 4 heterocycles. The van der Waals surface area contributed by atoms with Crippen LogP contribution >= 0.6 is 0 Å². The number of pyridine rings is 1. The second-order valence-electron chi connectivity index (χ2n) is 11.3. The Kier molecular flexibility index (Phi) is 5.76. The number of rotatable bonds is 3. The molecule has 1 aliphatic carbocycles. The van der Waals surface area contributed by atoms with Crippen molar-refractivity contribution in [1.82, 2.24) is 19.8 Å². The van der Waals surface area contributed by atoms with Crippen molar-refractivity contribution in [3.8, 4) is 0 Å². The number of carbonyl (C=O) groups is 3. The van der Waals surface area contributed by atoms with Crippen molar-refractivity contribution in [1.29, 1.82) is 0 Å². The Balaban J connectivity index is 1.28. The number of ether oxygens (including phenoxy) is 1. The van der Waals surface area contributed by atoms with E-state index in [1.807, 2.05) is 31.7 Å². The van der Waals surface area contributed by atoms with Crippen LogP contribution in [0.15, 0.2) is 18.5 Å². The minimum Gasteiger partial charge on any atom is -0.444 e. The van der Waals surface area contributed by atoms with Crippen LogP contribution in [0.3, 0.4) is 0 Å². The van der Waals surface area contributed by atoms with Crippen molar-refractivity contribution < 1.29 is 19.1 Å². The molecule has 0 unspecified atom stereocenters. The molecule has 3 aliphatic rings. The molecule has 188 valence electrons. The Morgan fingerprint density at radius 2 is 1.91 bits per heavy atom. The first-order valence-electron chi connectivity index (χ1n) is 12.7. The van der Waals surface area contributed by atoms with Crippen LogP contribution in [0, 0.1) is 5.41 Å². The molecule has 2 aromatic heterocycles. The molecular formula is C26H35N5O4. The van der Waals surface area contributed by atoms with Gasteiger partial charge in [-0.2, -0.15) is 0 Å². The van der Waals surface area contributed by atoms with Crippen LogP contribution in [0.2, 0.25) is 0 Å². The van der Waals surface area contributed by atoms with E-state index in [2.05, 4.69) is 23.0 Å². The Morgan fingerprint density at radius 1 is 1.20 bits per heavy atom. The van der Waals surface area contributed by atoms with Crippen LogP contribution < -0.4 is 10.2 Å². The molecule has 1 saturated carbocycles. The van der Waals surface area contributed by atoms with Gasteiger partial charge in [-0.3, -0.25) is 15.0 Å². The largest absolute Gasteiger partial charge is 0.444 e. The van der Waals surface area contributed by atoms with E-state index in [0.717, 1.165) is 61.9 Å².